The van der Waals surface area contributed by atoms with Crippen LogP contribution in [0.1, 0.15) is 33.3 Å². The molecule has 0 aliphatic carbocycles. The van der Waals surface area contributed by atoms with Crippen LogP contribution in [0.4, 0.5) is 0 Å². The highest BCUT2D eigenvalue weighted by Gasteiger charge is 2.20. The van der Waals surface area contributed by atoms with E-state index in [1.54, 1.807) is 0 Å². The number of amides is 1. The van der Waals surface area contributed by atoms with Gasteiger partial charge in [-0.25, -0.2) is 0 Å². The predicted molar refractivity (Wildman–Crippen MR) is 73.8 cm³/mol. The molecule has 1 N–H and O–H groups in total. The van der Waals surface area contributed by atoms with Gasteiger partial charge in [0.05, 0.1) is 6.61 Å². The zero-order valence-electron chi connectivity index (χ0n) is 11.7. The molecule has 0 bridgehead atoms. The van der Waals surface area contributed by atoms with Crippen molar-refractivity contribution in [3.05, 3.63) is 29.8 Å². The molecule has 100 valence electrons. The summed E-state index contributed by atoms with van der Waals surface area (Å²) in [7, 11) is 0. The van der Waals surface area contributed by atoms with Gasteiger partial charge < -0.3 is 10.1 Å². The first-order valence-corrected chi connectivity index (χ1v) is 6.43. The molecule has 1 aromatic carbocycles. The van der Waals surface area contributed by atoms with Gasteiger partial charge in [0.25, 0.3) is 0 Å². The Morgan fingerprint density at radius 1 is 1.22 bits per heavy atom. The Kier molecular flexibility index (Phi) is 5.20. The summed E-state index contributed by atoms with van der Waals surface area (Å²) in [6.45, 7) is 9.07. The normalized spacial score (nSPS) is 11.1. The van der Waals surface area contributed by atoms with E-state index in [4.69, 9.17) is 4.74 Å². The number of nitrogens with one attached hydrogen (secondary N) is 1. The number of hydrogen-bond acceptors (Lipinski definition) is 2. The first-order chi connectivity index (χ1) is 8.43. The van der Waals surface area contributed by atoms with Gasteiger partial charge in [-0.3, -0.25) is 4.79 Å². The summed E-state index contributed by atoms with van der Waals surface area (Å²) in [5.74, 6) is 0.980. The van der Waals surface area contributed by atoms with Crippen molar-refractivity contribution in [1.29, 1.82) is 0 Å². The largest absolute Gasteiger partial charge is 0.494 e. The molecular weight excluding hydrogens is 226 g/mol. The highest BCUT2D eigenvalue weighted by molar-refractivity contribution is 5.81. The van der Waals surface area contributed by atoms with Gasteiger partial charge in [0.15, 0.2) is 0 Å². The van der Waals surface area contributed by atoms with E-state index in [-0.39, 0.29) is 11.3 Å². The molecule has 0 aliphatic heterocycles. The zero-order chi connectivity index (χ0) is 13.6. The zero-order valence-corrected chi connectivity index (χ0v) is 11.7. The van der Waals surface area contributed by atoms with Crippen LogP contribution >= 0.6 is 0 Å². The van der Waals surface area contributed by atoms with Crippen molar-refractivity contribution < 1.29 is 9.53 Å². The summed E-state index contributed by atoms with van der Waals surface area (Å²) in [6.07, 6.45) is 0.841. The van der Waals surface area contributed by atoms with Crippen LogP contribution in [0, 0.1) is 5.41 Å². The number of ether oxygens (including phenoxy) is 1. The van der Waals surface area contributed by atoms with Crippen molar-refractivity contribution in [3.8, 4) is 5.75 Å². The van der Waals surface area contributed by atoms with Crippen LogP contribution in [0.15, 0.2) is 24.3 Å². The average molecular weight is 249 g/mol. The Morgan fingerprint density at radius 3 is 2.33 bits per heavy atom. The average Bonchev–Trinajstić information content (AvgIpc) is 2.30. The minimum atomic E-state index is -0.321. The lowest BCUT2D eigenvalue weighted by molar-refractivity contribution is -0.128. The summed E-state index contributed by atoms with van der Waals surface area (Å²) in [5.41, 5.74) is 0.881. The number of carbonyl (C=O) groups is 1. The van der Waals surface area contributed by atoms with Crippen molar-refractivity contribution in [2.45, 2.75) is 34.1 Å². The molecule has 18 heavy (non-hydrogen) atoms. The minimum absolute atomic E-state index is 0.0911. The van der Waals surface area contributed by atoms with E-state index >= 15 is 0 Å². The fraction of sp³-hybridized carbons (Fsp3) is 0.533. The van der Waals surface area contributed by atoms with Crippen LogP contribution in [0.3, 0.4) is 0 Å². The molecule has 3 heteroatoms. The number of rotatable bonds is 5. The molecule has 0 heterocycles. The third-order valence-corrected chi connectivity index (χ3v) is 2.61. The van der Waals surface area contributed by atoms with Crippen LogP contribution in [0.2, 0.25) is 0 Å². The van der Waals surface area contributed by atoms with E-state index in [0.29, 0.717) is 13.2 Å². The van der Waals surface area contributed by atoms with Gasteiger partial charge in [-0.1, -0.05) is 32.9 Å². The number of hydrogen-bond donors (Lipinski definition) is 1. The Hall–Kier alpha value is -1.51. The molecule has 0 aliphatic rings. The lowest BCUT2D eigenvalue weighted by Gasteiger charge is -2.17. The molecule has 0 radical (unpaired) electrons. The third-order valence-electron chi connectivity index (χ3n) is 2.61. The fourth-order valence-electron chi connectivity index (χ4n) is 1.50. The van der Waals surface area contributed by atoms with Gasteiger partial charge in [-0.15, -0.1) is 0 Å². The smallest absolute Gasteiger partial charge is 0.225 e. The van der Waals surface area contributed by atoms with Crippen molar-refractivity contribution in [2.75, 3.05) is 13.2 Å². The van der Waals surface area contributed by atoms with Crippen LogP contribution in [0.5, 0.6) is 5.75 Å². The Labute approximate surface area is 110 Å². The SMILES string of the molecule is CCOc1ccc(CCNC(=O)C(C)(C)C)cc1. The maximum atomic E-state index is 11.7. The van der Waals surface area contributed by atoms with Gasteiger partial charge in [0, 0.05) is 12.0 Å². The molecular formula is C15H23NO2. The fourth-order valence-corrected chi connectivity index (χ4v) is 1.50. The van der Waals surface area contributed by atoms with E-state index in [1.165, 1.54) is 5.56 Å². The van der Waals surface area contributed by atoms with Crippen molar-refractivity contribution in [2.24, 2.45) is 5.41 Å². The van der Waals surface area contributed by atoms with Gasteiger partial charge >= 0.3 is 0 Å². The first-order valence-electron chi connectivity index (χ1n) is 6.43. The van der Waals surface area contributed by atoms with Crippen LogP contribution in [0.25, 0.3) is 0 Å². The van der Waals surface area contributed by atoms with Gasteiger partial charge in [0.2, 0.25) is 5.91 Å². The second-order valence-corrected chi connectivity index (χ2v) is 5.33. The van der Waals surface area contributed by atoms with Crippen molar-refractivity contribution in [3.63, 3.8) is 0 Å². The lowest BCUT2D eigenvalue weighted by Crippen LogP contribution is -2.35. The van der Waals surface area contributed by atoms with E-state index in [0.717, 1.165) is 12.2 Å². The highest BCUT2D eigenvalue weighted by atomic mass is 16.5. The monoisotopic (exact) mass is 249 g/mol. The molecule has 1 amide bonds. The summed E-state index contributed by atoms with van der Waals surface area (Å²) in [4.78, 5) is 11.7. The molecule has 0 fully saturated rings. The van der Waals surface area contributed by atoms with Crippen LogP contribution < -0.4 is 10.1 Å². The molecule has 0 unspecified atom stereocenters. The topological polar surface area (TPSA) is 38.3 Å². The minimum Gasteiger partial charge on any atom is -0.494 e. The van der Waals surface area contributed by atoms with E-state index in [9.17, 15) is 4.79 Å². The molecule has 1 aromatic rings. The van der Waals surface area contributed by atoms with Crippen molar-refractivity contribution in [1.82, 2.24) is 5.32 Å². The van der Waals surface area contributed by atoms with E-state index in [2.05, 4.69) is 5.32 Å². The second-order valence-electron chi connectivity index (χ2n) is 5.33. The van der Waals surface area contributed by atoms with E-state index < -0.39 is 0 Å². The molecule has 3 nitrogen and oxygen atoms in total. The van der Waals surface area contributed by atoms with Crippen LogP contribution in [-0.4, -0.2) is 19.1 Å². The van der Waals surface area contributed by atoms with E-state index in [1.807, 2.05) is 52.0 Å². The molecule has 0 aromatic heterocycles. The predicted octanol–water partition coefficient (Wildman–Crippen LogP) is 2.79. The first kappa shape index (κ1) is 14.6. The summed E-state index contributed by atoms with van der Waals surface area (Å²) >= 11 is 0. The summed E-state index contributed by atoms with van der Waals surface area (Å²) in [6, 6.07) is 8.00. The molecule has 0 saturated heterocycles. The summed E-state index contributed by atoms with van der Waals surface area (Å²) in [5, 5.41) is 2.94. The summed E-state index contributed by atoms with van der Waals surface area (Å²) < 4.78 is 5.38. The molecule has 1 rings (SSSR count). The second kappa shape index (κ2) is 6.43. The third kappa shape index (κ3) is 4.78. The molecule has 0 spiro atoms. The van der Waals surface area contributed by atoms with Crippen LogP contribution in [-0.2, 0) is 11.2 Å². The highest BCUT2D eigenvalue weighted by Crippen LogP contribution is 2.13. The van der Waals surface area contributed by atoms with Gasteiger partial charge in [-0.05, 0) is 31.0 Å². The Morgan fingerprint density at radius 2 is 1.83 bits per heavy atom. The maximum Gasteiger partial charge on any atom is 0.225 e. The number of carbonyl (C=O) groups excluding carboxylic acids is 1. The van der Waals surface area contributed by atoms with Gasteiger partial charge in [-0.2, -0.15) is 0 Å². The molecule has 0 saturated carbocycles. The lowest BCUT2D eigenvalue weighted by atomic mass is 9.95. The van der Waals surface area contributed by atoms with Crippen molar-refractivity contribution >= 4 is 5.91 Å². The standard InChI is InChI=1S/C15H23NO2/c1-5-18-13-8-6-12(7-9-13)10-11-16-14(17)15(2,3)4/h6-9H,5,10-11H2,1-4H3,(H,16,17). The Bertz CT molecular complexity index is 376. The molecule has 0 atom stereocenters. The quantitative estimate of drug-likeness (QED) is 0.871. The number of benzene rings is 1. The Balaban J connectivity index is 2.38. The maximum absolute atomic E-state index is 11.7. The van der Waals surface area contributed by atoms with Gasteiger partial charge in [0.1, 0.15) is 5.75 Å².